The van der Waals surface area contributed by atoms with Crippen LogP contribution in [0.4, 0.5) is 0 Å². The van der Waals surface area contributed by atoms with Gasteiger partial charge in [-0.25, -0.2) is 0 Å². The van der Waals surface area contributed by atoms with Gasteiger partial charge in [-0.1, -0.05) is 39.9 Å². The number of hydrogen-bond donors (Lipinski definition) is 0. The Hall–Kier alpha value is 0.0900. The van der Waals surface area contributed by atoms with Crippen molar-refractivity contribution in [1.29, 1.82) is 0 Å². The Balaban J connectivity index is 2.48. The quantitative estimate of drug-likeness (QED) is 0.588. The molecule has 12 heavy (non-hydrogen) atoms. The molecular weight excluding hydrogens is 164 g/mol. The maximum absolute atomic E-state index is 5.26. The summed E-state index contributed by atoms with van der Waals surface area (Å²) in [6.45, 7) is 11.3. The van der Waals surface area contributed by atoms with Gasteiger partial charge in [0.2, 0.25) is 0 Å². The second-order valence-corrected chi connectivity index (χ2v) is 6.25. The van der Waals surface area contributed by atoms with Crippen LogP contribution < -0.4 is 0 Å². The third-order valence-electron chi connectivity index (χ3n) is 3.07. The summed E-state index contributed by atoms with van der Waals surface area (Å²) in [5, 5.41) is 0. The van der Waals surface area contributed by atoms with E-state index in [1.165, 1.54) is 17.7 Å². The van der Waals surface area contributed by atoms with Crippen LogP contribution in [0.1, 0.15) is 47.5 Å². The van der Waals surface area contributed by atoms with Crippen molar-refractivity contribution in [2.75, 3.05) is 0 Å². The summed E-state index contributed by atoms with van der Waals surface area (Å²) in [5.41, 5.74) is 0.871. The van der Waals surface area contributed by atoms with Crippen LogP contribution in [0.2, 0.25) is 0 Å². The standard InChI is InChI=1S/C11H20S/c1-8(12)11(5)7-9(11)6-10(2,3)4/h9H,6-7H2,1-5H3. The fourth-order valence-electron chi connectivity index (χ4n) is 1.92. The maximum atomic E-state index is 5.26. The summed E-state index contributed by atoms with van der Waals surface area (Å²) >= 11 is 5.26. The van der Waals surface area contributed by atoms with Crippen LogP contribution in [0, 0.1) is 16.7 Å². The molecular formula is C11H20S. The molecule has 2 atom stereocenters. The zero-order valence-corrected chi connectivity index (χ0v) is 9.72. The largest absolute Gasteiger partial charge is 0.0894 e. The maximum Gasteiger partial charge on any atom is 0.00172 e. The molecule has 2 unspecified atom stereocenters. The van der Waals surface area contributed by atoms with Crippen molar-refractivity contribution >= 4 is 17.1 Å². The average molecular weight is 184 g/mol. The molecule has 0 nitrogen and oxygen atoms in total. The molecule has 0 heterocycles. The van der Waals surface area contributed by atoms with E-state index in [0.717, 1.165) is 5.92 Å². The molecule has 0 saturated heterocycles. The number of thiocarbonyl (C=S) groups is 1. The predicted molar refractivity (Wildman–Crippen MR) is 58.6 cm³/mol. The highest BCUT2D eigenvalue weighted by Gasteiger charge is 2.52. The Bertz CT molecular complexity index is 200. The molecule has 0 amide bonds. The lowest BCUT2D eigenvalue weighted by Crippen LogP contribution is -2.13. The van der Waals surface area contributed by atoms with Crippen molar-refractivity contribution in [2.24, 2.45) is 16.7 Å². The van der Waals surface area contributed by atoms with E-state index in [1.807, 2.05) is 0 Å². The van der Waals surface area contributed by atoms with Gasteiger partial charge >= 0.3 is 0 Å². The molecule has 1 saturated carbocycles. The topological polar surface area (TPSA) is 0 Å². The Morgan fingerprint density at radius 1 is 1.50 bits per heavy atom. The Morgan fingerprint density at radius 2 is 2.00 bits per heavy atom. The van der Waals surface area contributed by atoms with Gasteiger partial charge in [0.15, 0.2) is 0 Å². The van der Waals surface area contributed by atoms with Crippen LogP contribution in [-0.4, -0.2) is 4.86 Å². The summed E-state index contributed by atoms with van der Waals surface area (Å²) in [6.07, 6.45) is 2.64. The number of rotatable bonds is 2. The van der Waals surface area contributed by atoms with E-state index in [0.29, 0.717) is 10.8 Å². The van der Waals surface area contributed by atoms with E-state index in [4.69, 9.17) is 12.2 Å². The van der Waals surface area contributed by atoms with Gasteiger partial charge < -0.3 is 0 Å². The predicted octanol–water partition coefficient (Wildman–Crippen LogP) is 3.84. The molecule has 0 aromatic rings. The van der Waals surface area contributed by atoms with Gasteiger partial charge in [0.1, 0.15) is 0 Å². The van der Waals surface area contributed by atoms with E-state index in [1.54, 1.807) is 0 Å². The van der Waals surface area contributed by atoms with Crippen molar-refractivity contribution in [3.05, 3.63) is 0 Å². The lowest BCUT2D eigenvalue weighted by Gasteiger charge is -2.19. The van der Waals surface area contributed by atoms with E-state index >= 15 is 0 Å². The second-order valence-electron chi connectivity index (χ2n) is 5.64. The minimum Gasteiger partial charge on any atom is -0.0894 e. The van der Waals surface area contributed by atoms with Crippen LogP contribution >= 0.6 is 12.2 Å². The average Bonchev–Trinajstić information content (AvgIpc) is 2.38. The summed E-state index contributed by atoms with van der Waals surface area (Å²) in [7, 11) is 0. The van der Waals surface area contributed by atoms with Gasteiger partial charge in [0.05, 0.1) is 0 Å². The molecule has 0 spiro atoms. The summed E-state index contributed by atoms with van der Waals surface area (Å²) in [6, 6.07) is 0. The van der Waals surface area contributed by atoms with E-state index in [9.17, 15) is 0 Å². The van der Waals surface area contributed by atoms with E-state index < -0.39 is 0 Å². The molecule has 1 rings (SSSR count). The number of hydrogen-bond acceptors (Lipinski definition) is 1. The second kappa shape index (κ2) is 2.80. The third-order valence-corrected chi connectivity index (χ3v) is 3.54. The van der Waals surface area contributed by atoms with Gasteiger partial charge in [0, 0.05) is 5.41 Å². The van der Waals surface area contributed by atoms with Gasteiger partial charge in [-0.2, -0.15) is 0 Å². The highest BCUT2D eigenvalue weighted by Crippen LogP contribution is 2.57. The zero-order chi connectivity index (χ0) is 9.57. The molecule has 0 N–H and O–H groups in total. The first-order valence-electron chi connectivity index (χ1n) is 4.77. The molecule has 0 aliphatic heterocycles. The van der Waals surface area contributed by atoms with Gasteiger partial charge in [-0.3, -0.25) is 0 Å². The fourth-order valence-corrected chi connectivity index (χ4v) is 2.17. The SMILES string of the molecule is CC(=S)C1(C)CC1CC(C)(C)C. The third kappa shape index (κ3) is 2.07. The van der Waals surface area contributed by atoms with Gasteiger partial charge in [-0.05, 0) is 36.0 Å². The molecule has 0 bridgehead atoms. The minimum atomic E-state index is 0.405. The van der Waals surface area contributed by atoms with Crippen LogP contribution in [0.15, 0.2) is 0 Å². The first kappa shape index (κ1) is 10.2. The summed E-state index contributed by atoms with van der Waals surface area (Å²) < 4.78 is 0. The molecule has 1 aliphatic rings. The van der Waals surface area contributed by atoms with Crippen LogP contribution in [0.25, 0.3) is 0 Å². The van der Waals surface area contributed by atoms with Crippen LogP contribution in [0.3, 0.4) is 0 Å². The van der Waals surface area contributed by atoms with Crippen LogP contribution in [0.5, 0.6) is 0 Å². The Labute approximate surface area is 81.7 Å². The first-order chi connectivity index (χ1) is 5.26. The molecule has 1 fully saturated rings. The monoisotopic (exact) mass is 184 g/mol. The fraction of sp³-hybridized carbons (Fsp3) is 0.909. The first-order valence-corrected chi connectivity index (χ1v) is 5.17. The highest BCUT2D eigenvalue weighted by molar-refractivity contribution is 7.80. The molecule has 0 aromatic heterocycles. The van der Waals surface area contributed by atoms with Crippen molar-refractivity contribution in [1.82, 2.24) is 0 Å². The molecule has 70 valence electrons. The van der Waals surface area contributed by atoms with Crippen molar-refractivity contribution in [2.45, 2.75) is 47.5 Å². The molecule has 1 heteroatoms. The normalized spacial score (nSPS) is 34.9. The zero-order valence-electron chi connectivity index (χ0n) is 8.90. The van der Waals surface area contributed by atoms with Crippen LogP contribution in [-0.2, 0) is 0 Å². The Kier molecular flexibility index (Phi) is 2.37. The van der Waals surface area contributed by atoms with E-state index in [-0.39, 0.29) is 0 Å². The summed E-state index contributed by atoms with van der Waals surface area (Å²) in [4.78, 5) is 1.21. The van der Waals surface area contributed by atoms with Crippen molar-refractivity contribution in [3.8, 4) is 0 Å². The molecule has 0 radical (unpaired) electrons. The van der Waals surface area contributed by atoms with E-state index in [2.05, 4.69) is 34.6 Å². The molecule has 0 aromatic carbocycles. The highest BCUT2D eigenvalue weighted by atomic mass is 32.1. The van der Waals surface area contributed by atoms with Crippen molar-refractivity contribution in [3.63, 3.8) is 0 Å². The minimum absolute atomic E-state index is 0.405. The smallest absolute Gasteiger partial charge is 0.00172 e. The lowest BCUT2D eigenvalue weighted by atomic mass is 9.86. The van der Waals surface area contributed by atoms with Gasteiger partial charge in [0.25, 0.3) is 0 Å². The Morgan fingerprint density at radius 3 is 2.25 bits per heavy atom. The molecule has 1 aliphatic carbocycles. The van der Waals surface area contributed by atoms with Crippen molar-refractivity contribution < 1.29 is 0 Å². The van der Waals surface area contributed by atoms with Gasteiger partial charge in [-0.15, -0.1) is 0 Å². The lowest BCUT2D eigenvalue weighted by molar-refractivity contribution is 0.339. The summed E-state index contributed by atoms with van der Waals surface area (Å²) in [5.74, 6) is 0.856.